The summed E-state index contributed by atoms with van der Waals surface area (Å²) in [6, 6.07) is 15.8. The van der Waals surface area contributed by atoms with Crippen molar-refractivity contribution >= 4 is 29.1 Å². The van der Waals surface area contributed by atoms with Crippen LogP contribution in [-0.4, -0.2) is 17.3 Å². The molecule has 3 rings (SSSR count). The van der Waals surface area contributed by atoms with Crippen LogP contribution in [0.1, 0.15) is 35.6 Å². The molecule has 0 bridgehead atoms. The summed E-state index contributed by atoms with van der Waals surface area (Å²) < 4.78 is 12.3. The van der Waals surface area contributed by atoms with E-state index in [2.05, 4.69) is 5.38 Å². The molecule has 4 nitrogen and oxygen atoms in total. The lowest BCUT2D eigenvalue weighted by Crippen LogP contribution is -2.12. The van der Waals surface area contributed by atoms with Crippen LogP contribution in [0.15, 0.2) is 64.2 Å². The highest BCUT2D eigenvalue weighted by atomic mass is 32.2. The van der Waals surface area contributed by atoms with Crippen molar-refractivity contribution in [2.45, 2.75) is 37.4 Å². The SMILES string of the molecule is CSc1ccc(OCc2ccsc2)cc1OC(CCC(=O)O)c1ccccc1C. The summed E-state index contributed by atoms with van der Waals surface area (Å²) in [4.78, 5) is 12.2. The Balaban J connectivity index is 1.83. The molecule has 1 unspecified atom stereocenters. The number of hydrogen-bond donors (Lipinski definition) is 1. The Morgan fingerprint density at radius 1 is 1.21 bits per heavy atom. The first kappa shape index (κ1) is 21.3. The average molecular weight is 429 g/mol. The summed E-state index contributed by atoms with van der Waals surface area (Å²) in [6.07, 6.45) is 2.09. The lowest BCUT2D eigenvalue weighted by Gasteiger charge is -2.22. The third kappa shape index (κ3) is 6.02. The predicted octanol–water partition coefficient (Wildman–Crippen LogP) is 6.34. The van der Waals surface area contributed by atoms with Gasteiger partial charge in [-0.25, -0.2) is 0 Å². The Labute approximate surface area is 179 Å². The number of rotatable bonds is 10. The van der Waals surface area contributed by atoms with Crippen molar-refractivity contribution in [2.75, 3.05) is 6.26 Å². The zero-order valence-corrected chi connectivity index (χ0v) is 18.1. The van der Waals surface area contributed by atoms with Crippen molar-refractivity contribution < 1.29 is 19.4 Å². The lowest BCUT2D eigenvalue weighted by atomic mass is 10.00. The Kier molecular flexibility index (Phi) is 7.61. The van der Waals surface area contributed by atoms with E-state index in [1.165, 1.54) is 0 Å². The molecule has 0 saturated carbocycles. The maximum absolute atomic E-state index is 11.2. The quantitative estimate of drug-likeness (QED) is 0.382. The van der Waals surface area contributed by atoms with Gasteiger partial charge < -0.3 is 14.6 Å². The molecule has 6 heteroatoms. The zero-order chi connectivity index (χ0) is 20.6. The summed E-state index contributed by atoms with van der Waals surface area (Å²) in [7, 11) is 0. The molecule has 29 heavy (non-hydrogen) atoms. The van der Waals surface area contributed by atoms with E-state index in [0.717, 1.165) is 27.3 Å². The zero-order valence-electron chi connectivity index (χ0n) is 16.5. The first-order valence-electron chi connectivity index (χ1n) is 9.32. The number of ether oxygens (including phenoxy) is 2. The Bertz CT molecular complexity index is 938. The van der Waals surface area contributed by atoms with Gasteiger partial charge in [-0.1, -0.05) is 24.3 Å². The van der Waals surface area contributed by atoms with Gasteiger partial charge in [-0.15, -0.1) is 11.8 Å². The van der Waals surface area contributed by atoms with Crippen molar-refractivity contribution in [3.63, 3.8) is 0 Å². The molecule has 0 fully saturated rings. The van der Waals surface area contributed by atoms with E-state index in [-0.39, 0.29) is 12.5 Å². The van der Waals surface area contributed by atoms with Crippen LogP contribution in [0.2, 0.25) is 0 Å². The summed E-state index contributed by atoms with van der Waals surface area (Å²) in [5, 5.41) is 13.3. The molecular formula is C23H24O4S2. The molecule has 152 valence electrons. The van der Waals surface area contributed by atoms with Crippen molar-refractivity contribution in [1.29, 1.82) is 0 Å². The van der Waals surface area contributed by atoms with Gasteiger partial charge in [-0.05, 0) is 65.2 Å². The Morgan fingerprint density at radius 2 is 2.03 bits per heavy atom. The van der Waals surface area contributed by atoms with Gasteiger partial charge in [0.05, 0.1) is 0 Å². The maximum Gasteiger partial charge on any atom is 0.303 e. The number of thioether (sulfide) groups is 1. The average Bonchev–Trinajstić information content (AvgIpc) is 3.24. The molecule has 1 N–H and O–H groups in total. The van der Waals surface area contributed by atoms with Gasteiger partial charge in [0.1, 0.15) is 24.2 Å². The molecule has 0 aliphatic rings. The monoisotopic (exact) mass is 428 g/mol. The highest BCUT2D eigenvalue weighted by Gasteiger charge is 2.19. The van der Waals surface area contributed by atoms with Gasteiger partial charge in [0.15, 0.2) is 0 Å². The highest BCUT2D eigenvalue weighted by Crippen LogP contribution is 2.36. The number of hydrogen-bond acceptors (Lipinski definition) is 5. The first-order valence-corrected chi connectivity index (χ1v) is 11.5. The Morgan fingerprint density at radius 3 is 2.72 bits per heavy atom. The summed E-state index contributed by atoms with van der Waals surface area (Å²) in [5.41, 5.74) is 3.22. The minimum Gasteiger partial charge on any atom is -0.489 e. The molecule has 0 spiro atoms. The molecule has 3 aromatic rings. The van der Waals surface area contributed by atoms with Crippen LogP contribution in [-0.2, 0) is 11.4 Å². The number of benzene rings is 2. The normalized spacial score (nSPS) is 11.8. The smallest absolute Gasteiger partial charge is 0.303 e. The number of thiophene rings is 1. The number of carbonyl (C=O) groups is 1. The molecular weight excluding hydrogens is 404 g/mol. The van der Waals surface area contributed by atoms with Crippen molar-refractivity contribution in [1.82, 2.24) is 0 Å². The van der Waals surface area contributed by atoms with Gasteiger partial charge in [0.25, 0.3) is 0 Å². The van der Waals surface area contributed by atoms with Gasteiger partial charge >= 0.3 is 5.97 Å². The molecule has 0 radical (unpaired) electrons. The molecule has 1 atom stereocenters. The Hall–Kier alpha value is -2.44. The second-order valence-corrected chi connectivity index (χ2v) is 8.26. The number of carboxylic acids is 1. The summed E-state index contributed by atoms with van der Waals surface area (Å²) in [6.45, 7) is 2.52. The minimum atomic E-state index is -0.829. The maximum atomic E-state index is 11.2. The van der Waals surface area contributed by atoms with Crippen LogP contribution >= 0.6 is 23.1 Å². The fourth-order valence-electron chi connectivity index (χ4n) is 3.01. The second kappa shape index (κ2) is 10.4. The van der Waals surface area contributed by atoms with E-state index in [0.29, 0.717) is 18.8 Å². The minimum absolute atomic E-state index is 0.0436. The van der Waals surface area contributed by atoms with Crippen LogP contribution in [0.25, 0.3) is 0 Å². The van der Waals surface area contributed by atoms with Crippen LogP contribution in [0, 0.1) is 6.92 Å². The van der Waals surface area contributed by atoms with E-state index < -0.39 is 5.97 Å². The number of carboxylic acid groups (broad SMARTS) is 1. The molecule has 0 aliphatic carbocycles. The van der Waals surface area contributed by atoms with Gasteiger partial charge in [0, 0.05) is 17.4 Å². The largest absolute Gasteiger partial charge is 0.489 e. The van der Waals surface area contributed by atoms with E-state index in [9.17, 15) is 9.90 Å². The predicted molar refractivity (Wildman–Crippen MR) is 118 cm³/mol. The number of aryl methyl sites for hydroxylation is 1. The van der Waals surface area contributed by atoms with E-state index >= 15 is 0 Å². The van der Waals surface area contributed by atoms with E-state index in [4.69, 9.17) is 9.47 Å². The van der Waals surface area contributed by atoms with E-state index in [1.807, 2.05) is 67.1 Å². The molecule has 0 saturated heterocycles. The third-order valence-electron chi connectivity index (χ3n) is 4.55. The highest BCUT2D eigenvalue weighted by molar-refractivity contribution is 7.98. The molecule has 0 amide bonds. The fourth-order valence-corrected chi connectivity index (χ4v) is 4.18. The molecule has 2 aromatic carbocycles. The standard InChI is InChI=1S/C23H24O4S2/c1-16-5-3-4-6-19(16)20(8-10-23(24)25)27-21-13-18(7-9-22(21)28-2)26-14-17-11-12-29-15-17/h3-7,9,11-13,15,20H,8,10,14H2,1-2H3,(H,24,25). The second-order valence-electron chi connectivity index (χ2n) is 6.63. The summed E-state index contributed by atoms with van der Waals surface area (Å²) in [5.74, 6) is 0.606. The number of aliphatic carboxylic acids is 1. The molecule has 1 aromatic heterocycles. The van der Waals surface area contributed by atoms with Crippen LogP contribution < -0.4 is 9.47 Å². The van der Waals surface area contributed by atoms with Gasteiger partial charge in [0.2, 0.25) is 0 Å². The molecule has 1 heterocycles. The van der Waals surface area contributed by atoms with Crippen LogP contribution in [0.3, 0.4) is 0 Å². The first-order chi connectivity index (χ1) is 14.1. The van der Waals surface area contributed by atoms with Gasteiger partial charge in [-0.3, -0.25) is 4.79 Å². The lowest BCUT2D eigenvalue weighted by molar-refractivity contribution is -0.137. The van der Waals surface area contributed by atoms with Crippen LogP contribution in [0.5, 0.6) is 11.5 Å². The topological polar surface area (TPSA) is 55.8 Å². The van der Waals surface area contributed by atoms with Crippen molar-refractivity contribution in [3.05, 3.63) is 76.0 Å². The molecule has 0 aliphatic heterocycles. The third-order valence-corrected chi connectivity index (χ3v) is 6.05. The van der Waals surface area contributed by atoms with Crippen molar-refractivity contribution in [3.8, 4) is 11.5 Å². The van der Waals surface area contributed by atoms with Crippen molar-refractivity contribution in [2.24, 2.45) is 0 Å². The van der Waals surface area contributed by atoms with E-state index in [1.54, 1.807) is 23.1 Å². The van der Waals surface area contributed by atoms with Gasteiger partial charge in [-0.2, -0.15) is 11.3 Å². The van der Waals surface area contributed by atoms with Crippen LogP contribution in [0.4, 0.5) is 0 Å². The summed E-state index contributed by atoms with van der Waals surface area (Å²) >= 11 is 3.23. The fraction of sp³-hybridized carbons (Fsp3) is 0.261.